The Morgan fingerprint density at radius 3 is 1.64 bits per heavy atom. The number of carboxylic acid groups (broad SMARTS) is 2. The maximum atomic E-state index is 11.7. The molecule has 4 atom stereocenters. The molecule has 0 aromatic heterocycles. The van der Waals surface area contributed by atoms with E-state index in [0.717, 1.165) is 32.1 Å². The standard InChI is InChI=1S/2C16H32N2O4.Ca/c2*1-4-5-6-7-8-9-15(20)17-10-11-18(12-13(2)19)14(3)16(21)22;/h2*13-14,19H,4-12H2,1-3H3,(H,17,20)(H,21,22);/q;;+2/p-2. The zero-order valence-electron chi connectivity index (χ0n) is 29.0. The van der Waals surface area contributed by atoms with Crippen LogP contribution in [0.25, 0.3) is 0 Å². The molecule has 0 aliphatic heterocycles. The number of aliphatic hydroxyl groups is 2. The molecule has 0 saturated heterocycles. The smallest absolute Gasteiger partial charge is 0.862 e. The summed E-state index contributed by atoms with van der Waals surface area (Å²) in [7, 11) is 0. The van der Waals surface area contributed by atoms with Crippen molar-refractivity contribution < 1.29 is 39.9 Å². The molecule has 4 N–H and O–H groups in total. The largest absolute Gasteiger partial charge is 2.00 e. The van der Waals surface area contributed by atoms with Crippen LogP contribution in [-0.4, -0.2) is 150 Å². The topological polar surface area (TPSA) is 189 Å². The molecule has 0 aliphatic rings. The number of rotatable bonds is 26. The Morgan fingerprint density at radius 1 is 0.733 bits per heavy atom. The Kier molecular flexibility index (Phi) is 33.9. The van der Waals surface area contributed by atoms with Gasteiger partial charge < -0.3 is 40.6 Å². The molecule has 0 rings (SSSR count). The number of aliphatic hydroxyl groups excluding tert-OH is 2. The normalized spacial score (nSPS) is 14.1. The Bertz CT molecular complexity index is 786. The quantitative estimate of drug-likeness (QED) is 0.0450. The van der Waals surface area contributed by atoms with E-state index < -0.39 is 36.2 Å². The second kappa shape index (κ2) is 31.6. The van der Waals surface area contributed by atoms with Crippen LogP contribution in [0.1, 0.15) is 119 Å². The molecular formula is C32H62CaN4O8. The van der Waals surface area contributed by atoms with Crippen LogP contribution < -0.4 is 15.5 Å². The van der Waals surface area contributed by atoms with Gasteiger partial charge in [0.05, 0.1) is 24.7 Å². The van der Waals surface area contributed by atoms with Crippen molar-refractivity contribution in [2.45, 2.75) is 143 Å². The molecule has 0 spiro atoms. The minimum Gasteiger partial charge on any atom is -0.862 e. The Balaban J connectivity index is -0.000000767. The third-order valence-corrected chi connectivity index (χ3v) is 7.19. The molecule has 0 aliphatic carbocycles. The minimum absolute atomic E-state index is 0. The molecular weight excluding hydrogens is 608 g/mol. The average Bonchev–Trinajstić information content (AvgIpc) is 2.94. The number of carboxylic acids is 2. The summed E-state index contributed by atoms with van der Waals surface area (Å²) in [6.07, 6.45) is 10.7. The predicted molar refractivity (Wildman–Crippen MR) is 176 cm³/mol. The van der Waals surface area contributed by atoms with Crippen molar-refractivity contribution in [3.8, 4) is 0 Å². The summed E-state index contributed by atoms with van der Waals surface area (Å²) in [5, 5.41) is 53.2. The van der Waals surface area contributed by atoms with Crippen LogP contribution >= 0.6 is 0 Å². The van der Waals surface area contributed by atoms with Gasteiger partial charge in [0.2, 0.25) is 5.91 Å². The van der Waals surface area contributed by atoms with Crippen molar-refractivity contribution in [3.05, 3.63) is 0 Å². The number of amides is 1. The van der Waals surface area contributed by atoms with E-state index >= 15 is 0 Å². The summed E-state index contributed by atoms with van der Waals surface area (Å²) in [6, 6.07) is -1.49. The average molecular weight is 671 g/mol. The second-order valence-electron chi connectivity index (χ2n) is 11.7. The fraction of sp³-hybridized carbons (Fsp3) is 0.875. The van der Waals surface area contributed by atoms with Crippen molar-refractivity contribution in [1.29, 1.82) is 0 Å². The monoisotopic (exact) mass is 670 g/mol. The molecule has 0 radical (unpaired) electrons. The first-order valence-corrected chi connectivity index (χ1v) is 16.5. The first kappa shape index (κ1) is 48.4. The number of unbranched alkanes of at least 4 members (excludes halogenated alkanes) is 8. The molecule has 0 heterocycles. The van der Waals surface area contributed by atoms with E-state index in [1.54, 1.807) is 30.6 Å². The summed E-state index contributed by atoms with van der Waals surface area (Å²) in [4.78, 5) is 40.8. The number of hydrogen-bond acceptors (Lipinski definition) is 10. The maximum Gasteiger partial charge on any atom is 2.00 e. The van der Waals surface area contributed by atoms with E-state index in [4.69, 9.17) is 5.11 Å². The van der Waals surface area contributed by atoms with Crippen LogP contribution in [0.15, 0.2) is 4.99 Å². The van der Waals surface area contributed by atoms with Gasteiger partial charge in [-0.3, -0.25) is 19.4 Å². The van der Waals surface area contributed by atoms with Gasteiger partial charge >= 0.3 is 43.7 Å². The van der Waals surface area contributed by atoms with E-state index in [1.807, 2.05) is 0 Å². The van der Waals surface area contributed by atoms with Gasteiger partial charge in [0, 0.05) is 45.2 Å². The van der Waals surface area contributed by atoms with Gasteiger partial charge in [-0.2, -0.15) is 0 Å². The zero-order chi connectivity index (χ0) is 33.9. The van der Waals surface area contributed by atoms with Crippen molar-refractivity contribution in [2.24, 2.45) is 4.99 Å². The molecule has 45 heavy (non-hydrogen) atoms. The third kappa shape index (κ3) is 30.1. The molecule has 1 amide bonds. The van der Waals surface area contributed by atoms with Crippen LogP contribution in [0.2, 0.25) is 0 Å². The van der Waals surface area contributed by atoms with Crippen molar-refractivity contribution in [1.82, 2.24) is 15.1 Å². The number of carbonyl (C=O) groups excluding carboxylic acids is 2. The van der Waals surface area contributed by atoms with Crippen LogP contribution in [-0.2, 0) is 14.4 Å². The van der Waals surface area contributed by atoms with Crippen molar-refractivity contribution >= 4 is 61.5 Å². The van der Waals surface area contributed by atoms with E-state index in [0.29, 0.717) is 32.5 Å². The van der Waals surface area contributed by atoms with Gasteiger partial charge in [-0.15, -0.1) is 0 Å². The van der Waals surface area contributed by atoms with E-state index in [2.05, 4.69) is 24.2 Å². The van der Waals surface area contributed by atoms with Crippen LogP contribution in [0, 0.1) is 0 Å². The second-order valence-corrected chi connectivity index (χ2v) is 11.7. The number of nitrogens with one attached hydrogen (secondary N) is 1. The van der Waals surface area contributed by atoms with Gasteiger partial charge in [-0.05, 0) is 52.9 Å². The fourth-order valence-corrected chi connectivity index (χ4v) is 4.45. The van der Waals surface area contributed by atoms with Crippen LogP contribution in [0.3, 0.4) is 0 Å². The fourth-order valence-electron chi connectivity index (χ4n) is 4.45. The van der Waals surface area contributed by atoms with Gasteiger partial charge in [0.25, 0.3) is 0 Å². The molecule has 4 unspecified atom stereocenters. The maximum absolute atomic E-state index is 11.7. The first-order chi connectivity index (χ1) is 20.8. The Morgan fingerprint density at radius 2 is 1.20 bits per heavy atom. The number of aliphatic carboxylic acids is 2. The molecule has 0 fully saturated rings. The molecule has 12 nitrogen and oxygen atoms in total. The Labute approximate surface area is 302 Å². The van der Waals surface area contributed by atoms with Gasteiger partial charge in [0.15, 0.2) is 0 Å². The SMILES string of the molecule is CCCCCCCC(=O)NCCN(CC(C)O)C(C)C(=O)O.CCCCCCCC([O-])=NCCN(CC(C)O)C(C)C(=O)[O-].[Ca+2]. The summed E-state index contributed by atoms with van der Waals surface area (Å²) >= 11 is 0. The first-order valence-electron chi connectivity index (χ1n) is 16.5. The summed E-state index contributed by atoms with van der Waals surface area (Å²) < 4.78 is 0. The van der Waals surface area contributed by atoms with Crippen LogP contribution in [0.4, 0.5) is 0 Å². The summed E-state index contributed by atoms with van der Waals surface area (Å²) in [5.74, 6) is -2.24. The van der Waals surface area contributed by atoms with Crippen LogP contribution in [0.5, 0.6) is 0 Å². The third-order valence-electron chi connectivity index (χ3n) is 7.19. The molecule has 260 valence electrons. The Hall–Kier alpha value is -1.02. The number of aliphatic imine (C=N–C) groups is 1. The number of carbonyl (C=O) groups is 3. The molecule has 0 aromatic rings. The van der Waals surface area contributed by atoms with Crippen molar-refractivity contribution in [3.63, 3.8) is 0 Å². The van der Waals surface area contributed by atoms with E-state index in [-0.39, 0.29) is 69.2 Å². The minimum atomic E-state index is -1.19. The zero-order valence-corrected chi connectivity index (χ0v) is 31.2. The predicted octanol–water partition coefficient (Wildman–Crippen LogP) is 1.17. The van der Waals surface area contributed by atoms with Gasteiger partial charge in [-0.1, -0.05) is 65.2 Å². The molecule has 0 aromatic carbocycles. The number of hydrogen-bond donors (Lipinski definition) is 4. The summed E-state index contributed by atoms with van der Waals surface area (Å²) in [6.45, 7) is 12.5. The van der Waals surface area contributed by atoms with E-state index in [9.17, 15) is 34.8 Å². The van der Waals surface area contributed by atoms with Gasteiger partial charge in [0.1, 0.15) is 6.04 Å². The molecule has 0 saturated carbocycles. The molecule has 0 bridgehead atoms. The molecule has 13 heteroatoms. The summed E-state index contributed by atoms with van der Waals surface area (Å²) in [5.41, 5.74) is 0. The van der Waals surface area contributed by atoms with E-state index in [1.165, 1.54) is 39.0 Å². The number of nitrogens with zero attached hydrogens (tertiary/aromatic N) is 3. The van der Waals surface area contributed by atoms with Gasteiger partial charge in [-0.25, -0.2) is 0 Å². The van der Waals surface area contributed by atoms with Crippen molar-refractivity contribution in [2.75, 3.05) is 39.3 Å².